The highest BCUT2D eigenvalue weighted by molar-refractivity contribution is 9.10. The van der Waals surface area contributed by atoms with E-state index in [-0.39, 0.29) is 16.8 Å². The molecule has 0 amide bonds. The highest BCUT2D eigenvalue weighted by Crippen LogP contribution is 2.35. The molecule has 0 aliphatic carbocycles. The van der Waals surface area contributed by atoms with E-state index in [4.69, 9.17) is 37.3 Å². The van der Waals surface area contributed by atoms with Crippen LogP contribution >= 0.6 is 39.1 Å². The van der Waals surface area contributed by atoms with Gasteiger partial charge in [-0.3, -0.25) is 4.79 Å². The summed E-state index contributed by atoms with van der Waals surface area (Å²) >= 11 is 16.4. The molecule has 37 heavy (non-hydrogen) atoms. The fraction of sp³-hybridized carbons (Fsp3) is 0.179. The monoisotopic (exact) mass is 597 g/mol. The molecule has 2 heterocycles. The molecule has 0 saturated heterocycles. The average Bonchev–Trinajstić information content (AvgIpc) is 3.25. The third-order valence-corrected chi connectivity index (χ3v) is 6.50. The predicted octanol–water partition coefficient (Wildman–Crippen LogP) is 8.19. The molecule has 0 saturated carbocycles. The highest BCUT2D eigenvalue weighted by Gasteiger charge is 2.18. The summed E-state index contributed by atoms with van der Waals surface area (Å²) in [5.41, 5.74) is 1.42. The van der Waals surface area contributed by atoms with Crippen LogP contribution in [0.1, 0.15) is 26.3 Å². The number of halogens is 3. The molecule has 5 rings (SSSR count). The molecule has 0 spiro atoms. The largest absolute Gasteiger partial charge is 0.490 e. The Morgan fingerprint density at radius 1 is 1.08 bits per heavy atom. The van der Waals surface area contributed by atoms with Crippen molar-refractivity contribution in [2.24, 2.45) is 10.5 Å². The van der Waals surface area contributed by atoms with E-state index in [9.17, 15) is 4.79 Å². The molecule has 3 aromatic carbocycles. The van der Waals surface area contributed by atoms with Crippen molar-refractivity contribution in [3.63, 3.8) is 0 Å². The molecule has 9 heteroatoms. The van der Waals surface area contributed by atoms with Crippen LogP contribution in [0.25, 0.3) is 33.5 Å². The fourth-order valence-corrected chi connectivity index (χ4v) is 4.71. The van der Waals surface area contributed by atoms with Gasteiger partial charge in [0.05, 0.1) is 33.8 Å². The molecule has 188 valence electrons. The van der Waals surface area contributed by atoms with E-state index in [0.29, 0.717) is 50.2 Å². The van der Waals surface area contributed by atoms with Crippen LogP contribution in [0.4, 0.5) is 0 Å². The zero-order valence-corrected chi connectivity index (χ0v) is 23.4. The van der Waals surface area contributed by atoms with Crippen molar-refractivity contribution in [1.29, 1.82) is 0 Å². The van der Waals surface area contributed by atoms with Gasteiger partial charge in [-0.25, -0.2) is 4.98 Å². The van der Waals surface area contributed by atoms with Crippen LogP contribution in [0.2, 0.25) is 10.0 Å². The standard InChI is InChI=1S/C28H22BrCl2N3O3/c1-28(2,3)15-36-25-20(30)10-16(11-21(25)31)14-32-34-26(33-22-7-5-4-6-19(22)27(34)35)24-13-17-12-18(29)8-9-23(17)37-24/h4-14H,15H2,1-3H3. The zero-order chi connectivity index (χ0) is 26.3. The van der Waals surface area contributed by atoms with Crippen molar-refractivity contribution in [3.8, 4) is 17.3 Å². The summed E-state index contributed by atoms with van der Waals surface area (Å²) in [6, 6.07) is 18.0. The second-order valence-electron chi connectivity index (χ2n) is 9.77. The van der Waals surface area contributed by atoms with E-state index in [1.165, 1.54) is 10.9 Å². The fourth-order valence-electron chi connectivity index (χ4n) is 3.72. The predicted molar refractivity (Wildman–Crippen MR) is 153 cm³/mol. The normalized spacial score (nSPS) is 12.2. The number of nitrogens with zero attached hydrogens (tertiary/aromatic N) is 3. The molecule has 5 aromatic rings. The lowest BCUT2D eigenvalue weighted by Gasteiger charge is -2.20. The van der Waals surface area contributed by atoms with Gasteiger partial charge in [0.25, 0.3) is 5.56 Å². The third-order valence-electron chi connectivity index (χ3n) is 5.44. The number of hydrogen-bond acceptors (Lipinski definition) is 5. The van der Waals surface area contributed by atoms with Crippen molar-refractivity contribution in [3.05, 3.63) is 91.1 Å². The van der Waals surface area contributed by atoms with Gasteiger partial charge >= 0.3 is 0 Å². The third kappa shape index (κ3) is 5.44. The minimum absolute atomic E-state index is 0.0554. The molecular formula is C28H22BrCl2N3O3. The van der Waals surface area contributed by atoms with Crippen LogP contribution < -0.4 is 10.3 Å². The van der Waals surface area contributed by atoms with Crippen LogP contribution in [0.5, 0.6) is 5.75 Å². The Balaban J connectivity index is 1.60. The first-order valence-corrected chi connectivity index (χ1v) is 13.0. The summed E-state index contributed by atoms with van der Waals surface area (Å²) in [6.07, 6.45) is 1.51. The minimum atomic E-state index is -0.333. The Hall–Kier alpha value is -3.13. The first-order valence-electron chi connectivity index (χ1n) is 11.5. The maximum atomic E-state index is 13.5. The molecule has 0 unspecified atom stereocenters. The van der Waals surface area contributed by atoms with Crippen molar-refractivity contribution in [2.45, 2.75) is 20.8 Å². The Morgan fingerprint density at radius 2 is 1.81 bits per heavy atom. The number of hydrogen-bond donors (Lipinski definition) is 0. The lowest BCUT2D eigenvalue weighted by atomic mass is 9.99. The number of ether oxygens (including phenoxy) is 1. The quantitative estimate of drug-likeness (QED) is 0.191. The lowest BCUT2D eigenvalue weighted by molar-refractivity contribution is 0.198. The van der Waals surface area contributed by atoms with Crippen LogP contribution in [0.3, 0.4) is 0 Å². The van der Waals surface area contributed by atoms with E-state index in [2.05, 4.69) is 41.8 Å². The van der Waals surface area contributed by atoms with Gasteiger partial charge in [0.1, 0.15) is 5.58 Å². The van der Waals surface area contributed by atoms with Gasteiger partial charge in [-0.1, -0.05) is 72.0 Å². The smallest absolute Gasteiger partial charge is 0.282 e. The van der Waals surface area contributed by atoms with E-state index in [0.717, 1.165) is 9.86 Å². The number of aromatic nitrogens is 2. The number of furan rings is 1. The van der Waals surface area contributed by atoms with Crippen LogP contribution in [-0.4, -0.2) is 22.5 Å². The van der Waals surface area contributed by atoms with Gasteiger partial charge in [-0.15, -0.1) is 0 Å². The molecule has 0 atom stereocenters. The van der Waals surface area contributed by atoms with Gasteiger partial charge in [0.15, 0.2) is 11.5 Å². The zero-order valence-electron chi connectivity index (χ0n) is 20.3. The maximum Gasteiger partial charge on any atom is 0.282 e. The van der Waals surface area contributed by atoms with E-state index in [1.54, 1.807) is 30.3 Å². The molecule has 0 bridgehead atoms. The maximum absolute atomic E-state index is 13.5. The summed E-state index contributed by atoms with van der Waals surface area (Å²) in [7, 11) is 0. The summed E-state index contributed by atoms with van der Waals surface area (Å²) < 4.78 is 14.0. The van der Waals surface area contributed by atoms with Crippen LogP contribution in [0.15, 0.2) is 79.4 Å². The van der Waals surface area contributed by atoms with Crippen LogP contribution in [-0.2, 0) is 0 Å². The molecule has 0 N–H and O–H groups in total. The van der Waals surface area contributed by atoms with Gasteiger partial charge < -0.3 is 9.15 Å². The van der Waals surface area contributed by atoms with Gasteiger partial charge in [0, 0.05) is 9.86 Å². The Labute approximate surface area is 231 Å². The molecule has 2 aromatic heterocycles. The van der Waals surface area contributed by atoms with Crippen molar-refractivity contribution in [2.75, 3.05) is 6.61 Å². The number of benzene rings is 3. The van der Waals surface area contributed by atoms with E-state index in [1.807, 2.05) is 30.3 Å². The molecular weight excluding hydrogens is 577 g/mol. The Kier molecular flexibility index (Phi) is 6.88. The first-order chi connectivity index (χ1) is 17.6. The Morgan fingerprint density at radius 3 is 2.54 bits per heavy atom. The number of fused-ring (bicyclic) bond motifs is 2. The van der Waals surface area contributed by atoms with Gasteiger partial charge in [0.2, 0.25) is 5.82 Å². The molecule has 6 nitrogen and oxygen atoms in total. The van der Waals surface area contributed by atoms with Crippen molar-refractivity contribution in [1.82, 2.24) is 9.66 Å². The number of rotatable bonds is 5. The molecule has 0 radical (unpaired) electrons. The lowest BCUT2D eigenvalue weighted by Crippen LogP contribution is -2.20. The SMILES string of the molecule is CC(C)(C)COc1c(Cl)cc(C=Nn2c(-c3cc4cc(Br)ccc4o3)nc3ccccc3c2=O)cc1Cl. The average molecular weight is 599 g/mol. The second-order valence-corrected chi connectivity index (χ2v) is 11.5. The number of para-hydroxylation sites is 1. The van der Waals surface area contributed by atoms with Crippen molar-refractivity contribution < 1.29 is 9.15 Å². The Bertz CT molecular complexity index is 1710. The summed E-state index contributed by atoms with van der Waals surface area (Å²) in [6.45, 7) is 6.63. The summed E-state index contributed by atoms with van der Waals surface area (Å²) in [4.78, 5) is 18.2. The highest BCUT2D eigenvalue weighted by atomic mass is 79.9. The first kappa shape index (κ1) is 25.5. The summed E-state index contributed by atoms with van der Waals surface area (Å²) in [5, 5.41) is 6.48. The molecule has 0 aliphatic rings. The second kappa shape index (κ2) is 9.97. The van der Waals surface area contributed by atoms with Gasteiger partial charge in [-0.2, -0.15) is 9.78 Å². The van der Waals surface area contributed by atoms with Gasteiger partial charge in [-0.05, 0) is 59.5 Å². The van der Waals surface area contributed by atoms with E-state index >= 15 is 0 Å². The van der Waals surface area contributed by atoms with Crippen molar-refractivity contribution >= 4 is 67.2 Å². The molecule has 0 aliphatic heterocycles. The topological polar surface area (TPSA) is 69.6 Å². The molecule has 0 fully saturated rings. The summed E-state index contributed by atoms with van der Waals surface area (Å²) in [5.74, 6) is 1.10. The minimum Gasteiger partial charge on any atom is -0.490 e. The van der Waals surface area contributed by atoms with E-state index < -0.39 is 0 Å². The van der Waals surface area contributed by atoms with Crippen LogP contribution in [0, 0.1) is 5.41 Å².